The van der Waals surface area contributed by atoms with Crippen molar-refractivity contribution in [2.45, 2.75) is 72.0 Å². The summed E-state index contributed by atoms with van der Waals surface area (Å²) < 4.78 is 11.2. The second-order valence-electron chi connectivity index (χ2n) is 6.86. The molecule has 1 aliphatic heterocycles. The molecule has 4 unspecified atom stereocenters. The van der Waals surface area contributed by atoms with Gasteiger partial charge in [0.15, 0.2) is 0 Å². The molecular formula is C17H30O3. The van der Waals surface area contributed by atoms with E-state index >= 15 is 0 Å². The minimum atomic E-state index is -0.281. The molecule has 0 aromatic heterocycles. The lowest BCUT2D eigenvalue weighted by Crippen LogP contribution is -2.30. The molecule has 20 heavy (non-hydrogen) atoms. The number of carbonyl (C=O) groups excluding carboxylic acids is 1. The molecule has 0 bridgehead atoms. The summed E-state index contributed by atoms with van der Waals surface area (Å²) in [4.78, 5) is 12.5. The first-order chi connectivity index (χ1) is 9.61. The van der Waals surface area contributed by atoms with Crippen LogP contribution < -0.4 is 0 Å². The first-order valence-corrected chi connectivity index (χ1v) is 8.43. The van der Waals surface area contributed by atoms with Gasteiger partial charge in [-0.2, -0.15) is 0 Å². The summed E-state index contributed by atoms with van der Waals surface area (Å²) in [6.07, 6.45) is 7.28. The summed E-state index contributed by atoms with van der Waals surface area (Å²) in [5.74, 6) is 1.96. The maximum atomic E-state index is 12.5. The molecule has 2 aliphatic rings. The average molecular weight is 282 g/mol. The van der Waals surface area contributed by atoms with Gasteiger partial charge in [0.1, 0.15) is 0 Å². The maximum absolute atomic E-state index is 12.5. The van der Waals surface area contributed by atoms with E-state index in [0.29, 0.717) is 17.8 Å². The molecule has 4 atom stereocenters. The number of rotatable bonds is 5. The van der Waals surface area contributed by atoms with Gasteiger partial charge in [-0.15, -0.1) is 0 Å². The van der Waals surface area contributed by atoms with E-state index in [4.69, 9.17) is 9.47 Å². The molecule has 1 aliphatic carbocycles. The van der Waals surface area contributed by atoms with Crippen molar-refractivity contribution in [2.24, 2.45) is 23.7 Å². The van der Waals surface area contributed by atoms with E-state index in [1.165, 1.54) is 6.42 Å². The van der Waals surface area contributed by atoms with Crippen molar-refractivity contribution in [1.29, 1.82) is 0 Å². The summed E-state index contributed by atoms with van der Waals surface area (Å²) in [7, 11) is 0. The molecule has 2 rings (SSSR count). The van der Waals surface area contributed by atoms with Gasteiger partial charge in [-0.25, -0.2) is 0 Å². The summed E-state index contributed by atoms with van der Waals surface area (Å²) in [6, 6.07) is 0. The van der Waals surface area contributed by atoms with Crippen molar-refractivity contribution in [3.63, 3.8) is 0 Å². The van der Waals surface area contributed by atoms with Gasteiger partial charge in [0.05, 0.1) is 12.5 Å². The fourth-order valence-electron chi connectivity index (χ4n) is 3.71. The molecule has 116 valence electrons. The topological polar surface area (TPSA) is 35.5 Å². The highest BCUT2D eigenvalue weighted by Crippen LogP contribution is 2.43. The lowest BCUT2D eigenvalue weighted by molar-refractivity contribution is -0.192. The zero-order valence-electron chi connectivity index (χ0n) is 13.3. The normalized spacial score (nSPS) is 34.4. The van der Waals surface area contributed by atoms with Crippen LogP contribution in [0.25, 0.3) is 0 Å². The van der Waals surface area contributed by atoms with Gasteiger partial charge in [-0.3, -0.25) is 4.79 Å². The number of carbonyl (C=O) groups is 1. The van der Waals surface area contributed by atoms with E-state index in [0.717, 1.165) is 45.1 Å². The van der Waals surface area contributed by atoms with E-state index in [-0.39, 0.29) is 18.2 Å². The van der Waals surface area contributed by atoms with Gasteiger partial charge in [0.2, 0.25) is 6.29 Å². The van der Waals surface area contributed by atoms with E-state index in [1.54, 1.807) is 0 Å². The van der Waals surface area contributed by atoms with Crippen LogP contribution in [-0.4, -0.2) is 18.9 Å². The molecule has 0 spiro atoms. The highest BCUT2D eigenvalue weighted by molar-refractivity contribution is 5.73. The van der Waals surface area contributed by atoms with Crippen LogP contribution in [0.5, 0.6) is 0 Å². The molecule has 1 saturated heterocycles. The molecular weight excluding hydrogens is 252 g/mol. The van der Waals surface area contributed by atoms with Gasteiger partial charge in [0.25, 0.3) is 0 Å². The Balaban J connectivity index is 1.91. The monoisotopic (exact) mass is 282 g/mol. The Morgan fingerprint density at radius 1 is 1.30 bits per heavy atom. The Hall–Kier alpha value is -0.570. The highest BCUT2D eigenvalue weighted by Gasteiger charge is 2.40. The van der Waals surface area contributed by atoms with Crippen LogP contribution in [0.15, 0.2) is 0 Å². The van der Waals surface area contributed by atoms with Gasteiger partial charge in [-0.05, 0) is 49.9 Å². The predicted molar refractivity (Wildman–Crippen MR) is 79.1 cm³/mol. The molecule has 0 aromatic carbocycles. The van der Waals surface area contributed by atoms with Crippen molar-refractivity contribution in [1.82, 2.24) is 0 Å². The maximum Gasteiger partial charge on any atom is 0.311 e. The van der Waals surface area contributed by atoms with Crippen molar-refractivity contribution in [3.05, 3.63) is 0 Å². The Morgan fingerprint density at radius 3 is 2.70 bits per heavy atom. The second-order valence-corrected chi connectivity index (χ2v) is 6.86. The van der Waals surface area contributed by atoms with E-state index in [9.17, 15) is 4.79 Å². The van der Waals surface area contributed by atoms with E-state index in [2.05, 4.69) is 20.8 Å². The van der Waals surface area contributed by atoms with Crippen molar-refractivity contribution in [3.8, 4) is 0 Å². The molecule has 0 aromatic rings. The van der Waals surface area contributed by atoms with Crippen LogP contribution in [0.1, 0.15) is 65.7 Å². The van der Waals surface area contributed by atoms with Gasteiger partial charge < -0.3 is 9.47 Å². The SMILES string of the molecule is CCCC1CC(C(C)C)CC1C(=O)OC1CCCCO1. The molecule has 2 fully saturated rings. The molecule has 1 heterocycles. The number of hydrogen-bond donors (Lipinski definition) is 0. The second kappa shape index (κ2) is 7.44. The highest BCUT2D eigenvalue weighted by atomic mass is 16.7. The molecule has 3 nitrogen and oxygen atoms in total. The smallest absolute Gasteiger partial charge is 0.311 e. The first kappa shape index (κ1) is 15.8. The van der Waals surface area contributed by atoms with Crippen LogP contribution in [0.4, 0.5) is 0 Å². The zero-order chi connectivity index (χ0) is 14.5. The third-order valence-electron chi connectivity index (χ3n) is 5.02. The third-order valence-corrected chi connectivity index (χ3v) is 5.02. The zero-order valence-corrected chi connectivity index (χ0v) is 13.3. The van der Waals surface area contributed by atoms with Crippen LogP contribution in [0.3, 0.4) is 0 Å². The van der Waals surface area contributed by atoms with Crippen LogP contribution in [0, 0.1) is 23.7 Å². The Morgan fingerprint density at radius 2 is 2.10 bits per heavy atom. The van der Waals surface area contributed by atoms with Crippen molar-refractivity contribution < 1.29 is 14.3 Å². The Labute approximate surface area is 123 Å². The van der Waals surface area contributed by atoms with Crippen LogP contribution >= 0.6 is 0 Å². The summed E-state index contributed by atoms with van der Waals surface area (Å²) >= 11 is 0. The van der Waals surface area contributed by atoms with E-state index in [1.807, 2.05) is 0 Å². The van der Waals surface area contributed by atoms with Crippen molar-refractivity contribution in [2.75, 3.05) is 6.61 Å². The fraction of sp³-hybridized carbons (Fsp3) is 0.941. The van der Waals surface area contributed by atoms with Crippen molar-refractivity contribution >= 4 is 5.97 Å². The lowest BCUT2D eigenvalue weighted by atomic mass is 9.91. The standard InChI is InChI=1S/C17H30O3/c1-4-7-13-10-14(12(2)3)11-15(13)17(18)20-16-8-5-6-9-19-16/h12-16H,4-11H2,1-3H3. The lowest BCUT2D eigenvalue weighted by Gasteiger charge is -2.25. The van der Waals surface area contributed by atoms with Gasteiger partial charge in [0, 0.05) is 6.42 Å². The number of ether oxygens (including phenoxy) is 2. The number of esters is 1. The molecule has 0 amide bonds. The van der Waals surface area contributed by atoms with E-state index < -0.39 is 0 Å². The first-order valence-electron chi connectivity index (χ1n) is 8.43. The largest absolute Gasteiger partial charge is 0.436 e. The molecule has 3 heteroatoms. The third kappa shape index (κ3) is 3.97. The minimum Gasteiger partial charge on any atom is -0.436 e. The fourth-order valence-corrected chi connectivity index (χ4v) is 3.71. The molecule has 0 radical (unpaired) electrons. The summed E-state index contributed by atoms with van der Waals surface area (Å²) in [5, 5.41) is 0. The minimum absolute atomic E-state index is 0.00139. The van der Waals surface area contributed by atoms with Crippen LogP contribution in [0.2, 0.25) is 0 Å². The van der Waals surface area contributed by atoms with Crippen LogP contribution in [-0.2, 0) is 14.3 Å². The Bertz CT molecular complexity index is 307. The molecule has 1 saturated carbocycles. The van der Waals surface area contributed by atoms with Gasteiger partial charge >= 0.3 is 5.97 Å². The number of hydrogen-bond acceptors (Lipinski definition) is 3. The summed E-state index contributed by atoms with van der Waals surface area (Å²) in [6.45, 7) is 7.47. The summed E-state index contributed by atoms with van der Waals surface area (Å²) in [5.41, 5.74) is 0. The average Bonchev–Trinajstić information content (AvgIpc) is 2.85. The van der Waals surface area contributed by atoms with Gasteiger partial charge in [-0.1, -0.05) is 27.2 Å². The quantitative estimate of drug-likeness (QED) is 0.710. The molecule has 0 N–H and O–H groups in total. The Kier molecular flexibility index (Phi) is 5.88. The predicted octanol–water partition coefficient (Wildman–Crippen LogP) is 4.15.